The number of thiophene rings is 1. The van der Waals surface area contributed by atoms with Crippen LogP contribution in [0.3, 0.4) is 0 Å². The summed E-state index contributed by atoms with van der Waals surface area (Å²) < 4.78 is 0. The van der Waals surface area contributed by atoms with Gasteiger partial charge >= 0.3 is 11.0 Å². The van der Waals surface area contributed by atoms with Gasteiger partial charge in [-0.05, 0) is 18.2 Å². The molecule has 1 amide bonds. The fraction of sp³-hybridized carbons (Fsp3) is 0. The Morgan fingerprint density at radius 2 is 1.95 bits per heavy atom. The zero-order valence-corrected chi connectivity index (χ0v) is 11.1. The number of carboxylic acids is 1. The van der Waals surface area contributed by atoms with Crippen molar-refractivity contribution in [2.45, 2.75) is 0 Å². The van der Waals surface area contributed by atoms with Crippen LogP contribution in [0.1, 0.15) is 20.0 Å². The molecule has 0 saturated carbocycles. The summed E-state index contributed by atoms with van der Waals surface area (Å²) in [4.78, 5) is 32.8. The second-order valence-electron chi connectivity index (χ2n) is 3.86. The number of para-hydroxylation sites is 1. The molecule has 9 heteroatoms. The molecule has 0 atom stereocenters. The third-order valence-electron chi connectivity index (χ3n) is 2.51. The number of carbonyl (C=O) groups excluding carboxylic acids is 1. The zero-order valence-electron chi connectivity index (χ0n) is 10.3. The first-order valence-electron chi connectivity index (χ1n) is 5.51. The molecule has 8 nitrogen and oxygen atoms in total. The van der Waals surface area contributed by atoms with E-state index in [9.17, 15) is 24.8 Å². The van der Waals surface area contributed by atoms with E-state index < -0.39 is 22.5 Å². The molecule has 0 aliphatic carbocycles. The van der Waals surface area contributed by atoms with Gasteiger partial charge in [0.05, 0.1) is 15.5 Å². The summed E-state index contributed by atoms with van der Waals surface area (Å²) in [6.07, 6.45) is 0. The number of hydrogen-bond acceptors (Lipinski definition) is 6. The predicted octanol–water partition coefficient (Wildman–Crippen LogP) is 2.31. The summed E-state index contributed by atoms with van der Waals surface area (Å²) in [7, 11) is 0. The van der Waals surface area contributed by atoms with Gasteiger partial charge in [0.15, 0.2) is 5.75 Å². The van der Waals surface area contributed by atoms with Crippen molar-refractivity contribution in [3.63, 3.8) is 0 Å². The van der Waals surface area contributed by atoms with E-state index in [1.165, 1.54) is 30.3 Å². The third kappa shape index (κ3) is 2.98. The molecule has 21 heavy (non-hydrogen) atoms. The van der Waals surface area contributed by atoms with Gasteiger partial charge in [-0.2, -0.15) is 0 Å². The Morgan fingerprint density at radius 3 is 2.52 bits per heavy atom. The van der Waals surface area contributed by atoms with E-state index in [1.54, 1.807) is 0 Å². The van der Waals surface area contributed by atoms with E-state index in [-0.39, 0.29) is 21.1 Å². The number of nitrogens with zero attached hydrogens (tertiary/aromatic N) is 1. The molecule has 0 fully saturated rings. The molecule has 1 heterocycles. The van der Waals surface area contributed by atoms with Crippen LogP contribution in [-0.4, -0.2) is 27.0 Å². The maximum Gasteiger partial charge on any atom is 0.339 e. The number of amides is 1. The second-order valence-corrected chi connectivity index (χ2v) is 4.92. The van der Waals surface area contributed by atoms with E-state index in [0.29, 0.717) is 11.3 Å². The smallest absolute Gasteiger partial charge is 0.339 e. The molecule has 0 spiro atoms. The lowest BCUT2D eigenvalue weighted by Crippen LogP contribution is -2.11. The Labute approximate surface area is 121 Å². The molecule has 0 saturated heterocycles. The number of hydrogen-bond donors (Lipinski definition) is 3. The maximum atomic E-state index is 11.9. The van der Waals surface area contributed by atoms with Gasteiger partial charge in [-0.1, -0.05) is 17.4 Å². The number of nitro groups is 1. The molecule has 0 unspecified atom stereocenters. The monoisotopic (exact) mass is 308 g/mol. The highest BCUT2D eigenvalue weighted by atomic mass is 32.1. The van der Waals surface area contributed by atoms with Gasteiger partial charge in [-0.15, -0.1) is 0 Å². The topological polar surface area (TPSA) is 130 Å². The van der Waals surface area contributed by atoms with Crippen LogP contribution in [0, 0.1) is 10.1 Å². The predicted molar refractivity (Wildman–Crippen MR) is 74.0 cm³/mol. The third-order valence-corrected chi connectivity index (χ3v) is 3.55. The van der Waals surface area contributed by atoms with Crippen LogP contribution in [0.2, 0.25) is 0 Å². The minimum Gasteiger partial charge on any atom is -0.505 e. The van der Waals surface area contributed by atoms with Crippen LogP contribution in [0.4, 0.5) is 10.7 Å². The SMILES string of the molecule is O=C(Nc1cccc(C(=O)O)c1O)c1ccc([N+](=O)[O-])s1. The number of phenols is 1. The molecule has 108 valence electrons. The maximum absolute atomic E-state index is 11.9. The summed E-state index contributed by atoms with van der Waals surface area (Å²) in [5, 5.41) is 31.3. The van der Waals surface area contributed by atoms with Crippen LogP contribution in [0.5, 0.6) is 5.75 Å². The summed E-state index contributed by atoms with van der Waals surface area (Å²) in [5.41, 5.74) is -0.444. The van der Waals surface area contributed by atoms with Crippen molar-refractivity contribution in [2.24, 2.45) is 0 Å². The van der Waals surface area contributed by atoms with E-state index >= 15 is 0 Å². The molecular weight excluding hydrogens is 300 g/mol. The molecule has 2 aromatic rings. The summed E-state index contributed by atoms with van der Waals surface area (Å²) in [5.74, 6) is -2.59. The fourth-order valence-electron chi connectivity index (χ4n) is 1.55. The van der Waals surface area contributed by atoms with Gasteiger partial charge in [0.25, 0.3) is 5.91 Å². The Morgan fingerprint density at radius 1 is 1.24 bits per heavy atom. The normalized spacial score (nSPS) is 10.1. The van der Waals surface area contributed by atoms with E-state index in [0.717, 1.165) is 0 Å². The Bertz CT molecular complexity index is 739. The zero-order chi connectivity index (χ0) is 15.6. The van der Waals surface area contributed by atoms with Crippen molar-refractivity contribution < 1.29 is 24.7 Å². The standard InChI is InChI=1S/C12H8N2O6S/c15-10-6(12(17)18)2-1-3-7(10)13-11(16)8-4-5-9(21-8)14(19)20/h1-5,15H,(H,13,16)(H,17,18). The molecule has 0 bridgehead atoms. The van der Waals surface area contributed by atoms with Crippen molar-refractivity contribution >= 4 is 33.9 Å². The number of aromatic hydroxyl groups is 1. The quantitative estimate of drug-likeness (QED) is 0.451. The Balaban J connectivity index is 2.25. The average Bonchev–Trinajstić information content (AvgIpc) is 2.90. The number of rotatable bonds is 4. The van der Waals surface area contributed by atoms with Crippen LogP contribution in [-0.2, 0) is 0 Å². The number of aromatic carboxylic acids is 1. The van der Waals surface area contributed by atoms with Crippen molar-refractivity contribution in [1.29, 1.82) is 0 Å². The number of carbonyl (C=O) groups is 2. The molecular formula is C12H8N2O6S. The number of carboxylic acid groups (broad SMARTS) is 1. The molecule has 0 aliphatic rings. The Hall–Kier alpha value is -2.94. The largest absolute Gasteiger partial charge is 0.505 e. The van der Waals surface area contributed by atoms with Crippen molar-refractivity contribution in [2.75, 3.05) is 5.32 Å². The minimum absolute atomic E-state index is 0.0711. The highest BCUT2D eigenvalue weighted by Crippen LogP contribution is 2.29. The average molecular weight is 308 g/mol. The summed E-state index contributed by atoms with van der Waals surface area (Å²) in [6, 6.07) is 6.32. The number of benzene rings is 1. The highest BCUT2D eigenvalue weighted by Gasteiger charge is 2.18. The second kappa shape index (κ2) is 5.59. The lowest BCUT2D eigenvalue weighted by atomic mass is 10.1. The van der Waals surface area contributed by atoms with Gasteiger partial charge in [0, 0.05) is 6.07 Å². The van der Waals surface area contributed by atoms with Crippen molar-refractivity contribution in [3.05, 3.63) is 50.9 Å². The van der Waals surface area contributed by atoms with Gasteiger partial charge < -0.3 is 15.5 Å². The van der Waals surface area contributed by atoms with Crippen LogP contribution < -0.4 is 5.32 Å². The van der Waals surface area contributed by atoms with Gasteiger partial charge in [0.1, 0.15) is 5.56 Å². The van der Waals surface area contributed by atoms with Gasteiger partial charge in [-0.25, -0.2) is 4.79 Å². The molecule has 1 aromatic carbocycles. The molecule has 0 radical (unpaired) electrons. The minimum atomic E-state index is -1.34. The fourth-order valence-corrected chi connectivity index (χ4v) is 2.26. The van der Waals surface area contributed by atoms with Gasteiger partial charge in [-0.3, -0.25) is 14.9 Å². The molecule has 2 rings (SSSR count). The first-order chi connectivity index (χ1) is 9.90. The van der Waals surface area contributed by atoms with Crippen molar-refractivity contribution in [3.8, 4) is 5.75 Å². The lowest BCUT2D eigenvalue weighted by Gasteiger charge is -2.07. The summed E-state index contributed by atoms with van der Waals surface area (Å²) >= 11 is 0.676. The Kier molecular flexibility index (Phi) is 3.85. The van der Waals surface area contributed by atoms with Crippen molar-refractivity contribution in [1.82, 2.24) is 0 Å². The first-order valence-corrected chi connectivity index (χ1v) is 6.32. The van der Waals surface area contributed by atoms with Gasteiger partial charge in [0.2, 0.25) is 0 Å². The van der Waals surface area contributed by atoms with E-state index in [4.69, 9.17) is 5.11 Å². The number of nitrogens with one attached hydrogen (secondary N) is 1. The molecule has 1 aromatic heterocycles. The van der Waals surface area contributed by atoms with E-state index in [1.807, 2.05) is 0 Å². The first kappa shape index (κ1) is 14.5. The molecule has 0 aliphatic heterocycles. The summed E-state index contributed by atoms with van der Waals surface area (Å²) in [6.45, 7) is 0. The van der Waals surface area contributed by atoms with Crippen LogP contribution in [0.15, 0.2) is 30.3 Å². The lowest BCUT2D eigenvalue weighted by molar-refractivity contribution is -0.380. The highest BCUT2D eigenvalue weighted by molar-refractivity contribution is 7.17. The number of anilines is 1. The molecule has 3 N–H and O–H groups in total. The van der Waals surface area contributed by atoms with Crippen LogP contribution in [0.25, 0.3) is 0 Å². The van der Waals surface area contributed by atoms with E-state index in [2.05, 4.69) is 5.32 Å². The van der Waals surface area contributed by atoms with Crippen LogP contribution >= 0.6 is 11.3 Å².